The third kappa shape index (κ3) is 5.39. The molecule has 1 saturated heterocycles. The second kappa shape index (κ2) is 8.48. The largest absolute Gasteiger partial charge is 0.480 e. The Morgan fingerprint density at radius 1 is 1.19 bits per heavy atom. The topological polar surface area (TPSA) is 128 Å². The second-order valence-corrected chi connectivity index (χ2v) is 6.50. The first-order valence-corrected chi connectivity index (χ1v) is 8.74. The van der Waals surface area contributed by atoms with Gasteiger partial charge in [-0.1, -0.05) is 18.2 Å². The molecule has 0 saturated carbocycles. The van der Waals surface area contributed by atoms with Crippen LogP contribution >= 0.6 is 0 Å². The Morgan fingerprint density at radius 2 is 1.87 bits per heavy atom. The summed E-state index contributed by atoms with van der Waals surface area (Å²) < 4.78 is 50.5. The molecule has 11 heteroatoms. The van der Waals surface area contributed by atoms with Crippen molar-refractivity contribution in [2.24, 2.45) is 5.73 Å². The van der Waals surface area contributed by atoms with Crippen LogP contribution < -0.4 is 15.8 Å². The average Bonchev–Trinajstić information content (AvgIpc) is 3.00. The van der Waals surface area contributed by atoms with Crippen LogP contribution in [0.15, 0.2) is 48.2 Å². The van der Waals surface area contributed by atoms with E-state index >= 15 is 0 Å². The van der Waals surface area contributed by atoms with Crippen molar-refractivity contribution in [3.05, 3.63) is 64.9 Å². The van der Waals surface area contributed by atoms with Crippen molar-refractivity contribution >= 4 is 24.0 Å². The lowest BCUT2D eigenvalue weighted by atomic mass is 10.1. The Bertz CT molecular complexity index is 1060. The number of nitrogens with one attached hydrogen (secondary N) is 1. The predicted molar refractivity (Wildman–Crippen MR) is 99.9 cm³/mol. The number of carbonyl (C=O) groups excluding carboxylic acids is 2. The van der Waals surface area contributed by atoms with Crippen LogP contribution in [0.25, 0.3) is 6.08 Å². The highest BCUT2D eigenvalue weighted by Crippen LogP contribution is 2.39. The van der Waals surface area contributed by atoms with Crippen molar-refractivity contribution < 1.29 is 42.1 Å². The molecule has 3 rings (SSSR count). The van der Waals surface area contributed by atoms with Crippen molar-refractivity contribution in [3.8, 4) is 11.5 Å². The monoisotopic (exact) mass is 436 g/mol. The number of benzene rings is 2. The van der Waals surface area contributed by atoms with Gasteiger partial charge in [-0.25, -0.2) is 4.79 Å². The highest BCUT2D eigenvalue weighted by atomic mass is 19.4. The number of amides is 2. The van der Waals surface area contributed by atoms with E-state index in [0.29, 0.717) is 5.56 Å². The third-order valence-corrected chi connectivity index (χ3v) is 4.17. The summed E-state index contributed by atoms with van der Waals surface area (Å²) in [5.74, 6) is -2.86. The zero-order valence-corrected chi connectivity index (χ0v) is 15.6. The molecule has 2 amide bonds. The maximum atomic E-state index is 13.5. The van der Waals surface area contributed by atoms with Crippen molar-refractivity contribution in [1.29, 1.82) is 0 Å². The molecule has 31 heavy (non-hydrogen) atoms. The zero-order chi connectivity index (χ0) is 22.8. The number of halogens is 3. The van der Waals surface area contributed by atoms with Gasteiger partial charge in [0.1, 0.15) is 17.5 Å². The van der Waals surface area contributed by atoms with Crippen LogP contribution in [0.1, 0.15) is 16.7 Å². The normalized spacial score (nSPS) is 16.1. The molecule has 1 heterocycles. The Labute approximate surface area is 173 Å². The Morgan fingerprint density at radius 3 is 2.42 bits per heavy atom. The molecule has 1 aliphatic rings. The standard InChI is InChI=1S/C20H15F3N2O6/c21-20(22,23)13-7-11(9-16-17(26)25-19(29)31-16)3-6-15(13)30-12-4-1-10(2-5-12)8-14(24)18(27)28/h1-7,9,14H,8,24H2,(H,27,28)(H,25,26,29). The molecular formula is C20H15F3N2O6. The lowest BCUT2D eigenvalue weighted by Crippen LogP contribution is -2.32. The highest BCUT2D eigenvalue weighted by molar-refractivity contribution is 6.09. The fraction of sp³-hybridized carbons (Fsp3) is 0.150. The summed E-state index contributed by atoms with van der Waals surface area (Å²) >= 11 is 0. The van der Waals surface area contributed by atoms with Gasteiger partial charge in [-0.3, -0.25) is 14.9 Å². The summed E-state index contributed by atoms with van der Waals surface area (Å²) in [5.41, 5.74) is 4.89. The molecule has 1 aliphatic heterocycles. The SMILES string of the molecule is NC(Cc1ccc(Oc2ccc(C=C3OC(=O)NC3=O)cc2C(F)(F)F)cc1)C(=O)O. The van der Waals surface area contributed by atoms with Crippen LogP contribution in [0, 0.1) is 0 Å². The van der Waals surface area contributed by atoms with E-state index in [1.165, 1.54) is 30.3 Å². The highest BCUT2D eigenvalue weighted by Gasteiger charge is 2.35. The van der Waals surface area contributed by atoms with Gasteiger partial charge in [0.15, 0.2) is 5.76 Å². The Balaban J connectivity index is 1.84. The van der Waals surface area contributed by atoms with E-state index in [9.17, 15) is 27.6 Å². The van der Waals surface area contributed by atoms with Gasteiger partial charge in [-0.15, -0.1) is 0 Å². The lowest BCUT2D eigenvalue weighted by molar-refractivity contribution is -0.139. The van der Waals surface area contributed by atoms with Crippen molar-refractivity contribution in [2.75, 3.05) is 0 Å². The number of imide groups is 1. The number of alkyl halides is 3. The predicted octanol–water partition coefficient (Wildman–Crippen LogP) is 3.06. The minimum absolute atomic E-state index is 0.0301. The van der Waals surface area contributed by atoms with Gasteiger partial charge in [-0.05, 0) is 47.9 Å². The summed E-state index contributed by atoms with van der Waals surface area (Å²) in [6, 6.07) is 7.75. The Hall–Kier alpha value is -3.86. The molecule has 2 aromatic carbocycles. The third-order valence-electron chi connectivity index (χ3n) is 4.17. The number of hydrogen-bond acceptors (Lipinski definition) is 6. The molecular weight excluding hydrogens is 421 g/mol. The molecule has 8 nitrogen and oxygen atoms in total. The van der Waals surface area contributed by atoms with Gasteiger partial charge in [0.25, 0.3) is 5.91 Å². The van der Waals surface area contributed by atoms with E-state index in [0.717, 1.165) is 18.2 Å². The van der Waals surface area contributed by atoms with E-state index in [4.69, 9.17) is 15.6 Å². The summed E-state index contributed by atoms with van der Waals surface area (Å²) in [6.45, 7) is 0. The maximum Gasteiger partial charge on any atom is 0.420 e. The first kappa shape index (κ1) is 21.8. The second-order valence-electron chi connectivity index (χ2n) is 6.50. The van der Waals surface area contributed by atoms with Crippen molar-refractivity contribution in [3.63, 3.8) is 0 Å². The van der Waals surface area contributed by atoms with Gasteiger partial charge >= 0.3 is 18.2 Å². The zero-order valence-electron chi connectivity index (χ0n) is 15.6. The number of ether oxygens (including phenoxy) is 2. The molecule has 162 valence electrons. The van der Waals surface area contributed by atoms with Gasteiger partial charge in [-0.2, -0.15) is 13.2 Å². The number of aliphatic carboxylic acids is 1. The van der Waals surface area contributed by atoms with E-state index < -0.39 is 47.3 Å². The van der Waals surface area contributed by atoms with E-state index in [1.54, 1.807) is 0 Å². The summed E-state index contributed by atoms with van der Waals surface area (Å²) in [5, 5.41) is 10.7. The van der Waals surface area contributed by atoms with Crippen molar-refractivity contribution in [1.82, 2.24) is 5.32 Å². The fourth-order valence-electron chi connectivity index (χ4n) is 2.68. The Kier molecular flexibility index (Phi) is 5.97. The lowest BCUT2D eigenvalue weighted by Gasteiger charge is -2.15. The number of nitrogens with two attached hydrogens (primary N) is 1. The molecule has 1 fully saturated rings. The van der Waals surface area contributed by atoms with Crippen molar-refractivity contribution in [2.45, 2.75) is 18.6 Å². The molecule has 2 aromatic rings. The van der Waals surface area contributed by atoms with Gasteiger partial charge in [0, 0.05) is 0 Å². The van der Waals surface area contributed by atoms with Gasteiger partial charge < -0.3 is 20.3 Å². The quantitative estimate of drug-likeness (QED) is 0.594. The number of cyclic esters (lactones) is 1. The molecule has 0 radical (unpaired) electrons. The van der Waals surface area contributed by atoms with Crippen LogP contribution in [-0.4, -0.2) is 29.1 Å². The van der Waals surface area contributed by atoms with Crippen LogP contribution in [-0.2, 0) is 26.9 Å². The minimum Gasteiger partial charge on any atom is -0.480 e. The number of carbonyl (C=O) groups is 3. The number of carboxylic acid groups (broad SMARTS) is 1. The van der Waals surface area contributed by atoms with Gasteiger partial charge in [0.05, 0.1) is 5.56 Å². The molecule has 1 unspecified atom stereocenters. The number of carboxylic acids is 1. The van der Waals surface area contributed by atoms with Crippen LogP contribution in [0.4, 0.5) is 18.0 Å². The van der Waals surface area contributed by atoms with Crippen LogP contribution in [0.3, 0.4) is 0 Å². The number of rotatable bonds is 6. The number of hydrogen-bond donors (Lipinski definition) is 3. The summed E-state index contributed by atoms with van der Waals surface area (Å²) in [7, 11) is 0. The summed E-state index contributed by atoms with van der Waals surface area (Å²) in [6.07, 6.45) is -4.74. The minimum atomic E-state index is -4.77. The number of alkyl carbamates (subject to hydrolysis) is 1. The molecule has 4 N–H and O–H groups in total. The van der Waals surface area contributed by atoms with Gasteiger partial charge in [0.2, 0.25) is 0 Å². The first-order chi connectivity index (χ1) is 14.5. The molecule has 1 atom stereocenters. The van der Waals surface area contributed by atoms with Crippen LogP contribution in [0.2, 0.25) is 0 Å². The van der Waals surface area contributed by atoms with E-state index in [1.807, 2.05) is 5.32 Å². The molecule has 0 bridgehead atoms. The molecule has 0 aliphatic carbocycles. The summed E-state index contributed by atoms with van der Waals surface area (Å²) in [4.78, 5) is 33.3. The smallest absolute Gasteiger partial charge is 0.420 e. The van der Waals surface area contributed by atoms with E-state index in [2.05, 4.69) is 4.74 Å². The molecule has 0 spiro atoms. The maximum absolute atomic E-state index is 13.5. The first-order valence-electron chi connectivity index (χ1n) is 8.74. The van der Waals surface area contributed by atoms with Crippen LogP contribution in [0.5, 0.6) is 11.5 Å². The average molecular weight is 436 g/mol. The molecule has 0 aromatic heterocycles. The van der Waals surface area contributed by atoms with E-state index in [-0.39, 0.29) is 17.7 Å². The fourth-order valence-corrected chi connectivity index (χ4v) is 2.68.